The number of rotatable bonds is 3. The molecular weight excluding hydrogens is 298 g/mol. The van der Waals surface area contributed by atoms with E-state index in [1.807, 2.05) is 11.9 Å². The SMILES string of the molecule is CN(C(=O)C1CC1c1ccc(F)cc1F)C1CC2CCC(C1)N2. The first kappa shape index (κ1) is 15.1. The Morgan fingerprint density at radius 3 is 2.52 bits per heavy atom. The van der Waals surface area contributed by atoms with Gasteiger partial charge < -0.3 is 10.2 Å². The summed E-state index contributed by atoms with van der Waals surface area (Å²) in [6.07, 6.45) is 5.11. The van der Waals surface area contributed by atoms with Crippen LogP contribution in [0.1, 0.15) is 43.6 Å². The number of halogens is 2. The lowest BCUT2D eigenvalue weighted by atomic mass is 9.98. The van der Waals surface area contributed by atoms with Crippen molar-refractivity contribution in [2.24, 2.45) is 5.92 Å². The third kappa shape index (κ3) is 2.75. The zero-order valence-corrected chi connectivity index (χ0v) is 13.3. The number of benzene rings is 1. The van der Waals surface area contributed by atoms with Crippen LogP contribution >= 0.6 is 0 Å². The number of hydrogen-bond acceptors (Lipinski definition) is 2. The molecule has 124 valence electrons. The Hall–Kier alpha value is -1.49. The van der Waals surface area contributed by atoms with E-state index >= 15 is 0 Å². The van der Waals surface area contributed by atoms with Gasteiger partial charge in [-0.2, -0.15) is 0 Å². The molecule has 1 aliphatic carbocycles. The lowest BCUT2D eigenvalue weighted by molar-refractivity contribution is -0.134. The van der Waals surface area contributed by atoms with E-state index in [0.717, 1.165) is 18.9 Å². The van der Waals surface area contributed by atoms with Crippen molar-refractivity contribution in [2.75, 3.05) is 7.05 Å². The second-order valence-corrected chi connectivity index (χ2v) is 7.33. The van der Waals surface area contributed by atoms with Crippen molar-refractivity contribution in [3.8, 4) is 0 Å². The predicted octanol–water partition coefficient (Wildman–Crippen LogP) is 2.81. The molecule has 2 heterocycles. The predicted molar refractivity (Wildman–Crippen MR) is 82.9 cm³/mol. The van der Waals surface area contributed by atoms with Crippen LogP contribution in [0, 0.1) is 17.6 Å². The zero-order chi connectivity index (χ0) is 16.1. The van der Waals surface area contributed by atoms with Crippen molar-refractivity contribution in [3.63, 3.8) is 0 Å². The number of amides is 1. The molecule has 0 radical (unpaired) electrons. The number of carbonyl (C=O) groups is 1. The fourth-order valence-corrected chi connectivity index (χ4v) is 4.40. The van der Waals surface area contributed by atoms with Gasteiger partial charge in [0.05, 0.1) is 0 Å². The minimum atomic E-state index is -0.572. The first-order valence-corrected chi connectivity index (χ1v) is 8.50. The summed E-state index contributed by atoms with van der Waals surface area (Å²) in [5, 5.41) is 3.58. The van der Waals surface area contributed by atoms with E-state index in [4.69, 9.17) is 0 Å². The number of fused-ring (bicyclic) bond motifs is 2. The molecule has 2 saturated heterocycles. The maximum atomic E-state index is 13.9. The van der Waals surface area contributed by atoms with E-state index in [-0.39, 0.29) is 17.7 Å². The van der Waals surface area contributed by atoms with Crippen molar-refractivity contribution < 1.29 is 13.6 Å². The van der Waals surface area contributed by atoms with Gasteiger partial charge in [-0.25, -0.2) is 8.78 Å². The summed E-state index contributed by atoms with van der Waals surface area (Å²) >= 11 is 0. The quantitative estimate of drug-likeness (QED) is 0.929. The monoisotopic (exact) mass is 320 g/mol. The van der Waals surface area contributed by atoms with Gasteiger partial charge in [-0.05, 0) is 49.7 Å². The zero-order valence-electron chi connectivity index (χ0n) is 13.3. The topological polar surface area (TPSA) is 32.3 Å². The van der Waals surface area contributed by atoms with E-state index in [1.54, 1.807) is 0 Å². The number of nitrogens with zero attached hydrogens (tertiary/aromatic N) is 1. The molecule has 1 aromatic rings. The molecule has 2 bridgehead atoms. The van der Waals surface area contributed by atoms with Crippen molar-refractivity contribution in [3.05, 3.63) is 35.4 Å². The minimum Gasteiger partial charge on any atom is -0.342 e. The molecule has 3 fully saturated rings. The van der Waals surface area contributed by atoms with Crippen LogP contribution in [0.4, 0.5) is 8.78 Å². The van der Waals surface area contributed by atoms with Gasteiger partial charge in [0, 0.05) is 37.2 Å². The smallest absolute Gasteiger partial charge is 0.226 e. The number of carbonyl (C=O) groups excluding carboxylic acids is 1. The van der Waals surface area contributed by atoms with Crippen molar-refractivity contribution in [1.82, 2.24) is 10.2 Å². The normalized spacial score (nSPS) is 35.2. The molecule has 1 saturated carbocycles. The van der Waals surface area contributed by atoms with Crippen LogP contribution in [-0.2, 0) is 4.79 Å². The van der Waals surface area contributed by atoms with Gasteiger partial charge in [0.25, 0.3) is 0 Å². The van der Waals surface area contributed by atoms with Crippen LogP contribution in [0.3, 0.4) is 0 Å². The molecule has 1 N–H and O–H groups in total. The van der Waals surface area contributed by atoms with Gasteiger partial charge >= 0.3 is 0 Å². The van der Waals surface area contributed by atoms with Gasteiger partial charge in [0.15, 0.2) is 0 Å². The average molecular weight is 320 g/mol. The molecule has 4 atom stereocenters. The Kier molecular flexibility index (Phi) is 3.63. The molecule has 5 heteroatoms. The Bertz CT molecular complexity index is 623. The summed E-state index contributed by atoms with van der Waals surface area (Å²) < 4.78 is 26.9. The molecule has 3 nitrogen and oxygen atoms in total. The van der Waals surface area contributed by atoms with E-state index in [9.17, 15) is 13.6 Å². The highest BCUT2D eigenvalue weighted by Crippen LogP contribution is 2.49. The molecule has 4 rings (SSSR count). The molecule has 4 unspecified atom stereocenters. The fourth-order valence-electron chi connectivity index (χ4n) is 4.40. The van der Waals surface area contributed by atoms with Crippen molar-refractivity contribution in [1.29, 1.82) is 0 Å². The average Bonchev–Trinajstić information content (AvgIpc) is 3.24. The fraction of sp³-hybridized carbons (Fsp3) is 0.611. The molecule has 23 heavy (non-hydrogen) atoms. The summed E-state index contributed by atoms with van der Waals surface area (Å²) in [7, 11) is 1.88. The standard InChI is InChI=1S/C18H22F2N2O/c1-22(13-7-11-3-4-12(8-13)21-11)18(23)16-9-15(16)14-5-2-10(19)6-17(14)20/h2,5-6,11-13,15-16,21H,3-4,7-9H2,1H3. The Morgan fingerprint density at radius 2 is 1.87 bits per heavy atom. The summed E-state index contributed by atoms with van der Waals surface area (Å²) in [6.45, 7) is 0. The Morgan fingerprint density at radius 1 is 1.17 bits per heavy atom. The van der Waals surface area contributed by atoms with E-state index in [2.05, 4.69) is 5.32 Å². The van der Waals surface area contributed by atoms with E-state index in [0.29, 0.717) is 30.1 Å². The Balaban J connectivity index is 1.42. The first-order valence-electron chi connectivity index (χ1n) is 8.50. The first-order chi connectivity index (χ1) is 11.0. The second kappa shape index (κ2) is 5.55. The summed E-state index contributed by atoms with van der Waals surface area (Å²) in [6, 6.07) is 5.03. The molecule has 1 amide bonds. The number of nitrogens with one attached hydrogen (secondary N) is 1. The van der Waals surface area contributed by atoms with E-state index < -0.39 is 11.6 Å². The maximum Gasteiger partial charge on any atom is 0.226 e. The third-order valence-corrected chi connectivity index (χ3v) is 5.81. The molecular formula is C18H22F2N2O. The molecule has 0 spiro atoms. The maximum absolute atomic E-state index is 13.9. The lowest BCUT2D eigenvalue weighted by Gasteiger charge is -2.35. The lowest BCUT2D eigenvalue weighted by Crippen LogP contribution is -2.49. The molecule has 1 aromatic carbocycles. The van der Waals surface area contributed by atoms with Gasteiger partial charge in [-0.1, -0.05) is 6.07 Å². The van der Waals surface area contributed by atoms with Gasteiger partial charge in [-0.3, -0.25) is 4.79 Å². The summed E-state index contributed by atoms with van der Waals surface area (Å²) in [4.78, 5) is 14.6. The van der Waals surface area contributed by atoms with Crippen molar-refractivity contribution >= 4 is 5.91 Å². The van der Waals surface area contributed by atoms with Crippen LogP contribution in [0.2, 0.25) is 0 Å². The highest BCUT2D eigenvalue weighted by Gasteiger charge is 2.48. The van der Waals surface area contributed by atoms with Gasteiger partial charge in [-0.15, -0.1) is 0 Å². The highest BCUT2D eigenvalue weighted by molar-refractivity contribution is 5.83. The molecule has 0 aromatic heterocycles. The Labute approximate surface area is 135 Å². The molecule has 2 aliphatic heterocycles. The minimum absolute atomic E-state index is 0.0935. The van der Waals surface area contributed by atoms with E-state index in [1.165, 1.54) is 25.0 Å². The van der Waals surface area contributed by atoms with Crippen molar-refractivity contribution in [2.45, 2.75) is 56.1 Å². The summed E-state index contributed by atoms with van der Waals surface area (Å²) in [5.41, 5.74) is 0.475. The van der Waals surface area contributed by atoms with Crippen LogP contribution in [-0.4, -0.2) is 36.0 Å². The van der Waals surface area contributed by atoms with Gasteiger partial charge in [0.1, 0.15) is 11.6 Å². The van der Waals surface area contributed by atoms with Crippen LogP contribution in [0.5, 0.6) is 0 Å². The van der Waals surface area contributed by atoms with Crippen LogP contribution < -0.4 is 5.32 Å². The third-order valence-electron chi connectivity index (χ3n) is 5.81. The second-order valence-electron chi connectivity index (χ2n) is 7.33. The van der Waals surface area contributed by atoms with Gasteiger partial charge in [0.2, 0.25) is 5.91 Å². The largest absolute Gasteiger partial charge is 0.342 e. The van der Waals surface area contributed by atoms with Crippen LogP contribution in [0.15, 0.2) is 18.2 Å². The number of hydrogen-bond donors (Lipinski definition) is 1. The highest BCUT2D eigenvalue weighted by atomic mass is 19.1. The number of piperidine rings is 1. The molecule has 3 aliphatic rings. The summed E-state index contributed by atoms with van der Waals surface area (Å²) in [5.74, 6) is -1.23. The van der Waals surface area contributed by atoms with Crippen LogP contribution in [0.25, 0.3) is 0 Å².